The van der Waals surface area contributed by atoms with Crippen LogP contribution in [0.15, 0.2) is 60.7 Å². The van der Waals surface area contributed by atoms with Crippen LogP contribution in [0, 0.1) is 13.8 Å². The standard InChI is InChI=1S/C31H35N3O/c1-4-5-13-33-31(35)29-20-27(25-12-8-9-21(2)22(25)3)26-18-23-10-6-7-11-24(23)19-28(26)30(29)34-16-14-32-15-17-34/h6-12,18-20,32H,4-5,13-17H2,1-3H3,(H,33,35). The van der Waals surface area contributed by atoms with Gasteiger partial charge in [0.1, 0.15) is 0 Å². The number of hydrogen-bond acceptors (Lipinski definition) is 3. The van der Waals surface area contributed by atoms with Crippen molar-refractivity contribution in [1.29, 1.82) is 0 Å². The highest BCUT2D eigenvalue weighted by atomic mass is 16.1. The van der Waals surface area contributed by atoms with Crippen LogP contribution >= 0.6 is 0 Å². The Hall–Kier alpha value is -3.37. The number of fused-ring (bicyclic) bond motifs is 2. The molecule has 1 fully saturated rings. The van der Waals surface area contributed by atoms with Crippen molar-refractivity contribution >= 4 is 33.1 Å². The van der Waals surface area contributed by atoms with Gasteiger partial charge < -0.3 is 15.5 Å². The van der Waals surface area contributed by atoms with Crippen molar-refractivity contribution in [2.75, 3.05) is 37.6 Å². The molecule has 0 bridgehead atoms. The van der Waals surface area contributed by atoms with E-state index in [0.29, 0.717) is 6.54 Å². The van der Waals surface area contributed by atoms with Crippen LogP contribution in [0.25, 0.3) is 32.7 Å². The molecule has 1 aliphatic heterocycles. The maximum absolute atomic E-state index is 13.7. The summed E-state index contributed by atoms with van der Waals surface area (Å²) < 4.78 is 0. The Balaban J connectivity index is 1.84. The molecule has 5 rings (SSSR count). The second kappa shape index (κ2) is 10.1. The lowest BCUT2D eigenvalue weighted by atomic mass is 9.88. The first-order valence-electron chi connectivity index (χ1n) is 12.9. The monoisotopic (exact) mass is 465 g/mol. The van der Waals surface area contributed by atoms with Gasteiger partial charge in [-0.15, -0.1) is 0 Å². The molecule has 4 aromatic rings. The third kappa shape index (κ3) is 4.51. The van der Waals surface area contributed by atoms with Crippen molar-refractivity contribution in [1.82, 2.24) is 10.6 Å². The van der Waals surface area contributed by atoms with Crippen molar-refractivity contribution in [3.05, 3.63) is 77.4 Å². The number of carbonyl (C=O) groups excluding carboxylic acids is 1. The van der Waals surface area contributed by atoms with E-state index in [1.165, 1.54) is 32.8 Å². The summed E-state index contributed by atoms with van der Waals surface area (Å²) in [7, 11) is 0. The van der Waals surface area contributed by atoms with Crippen LogP contribution < -0.4 is 15.5 Å². The Labute approximate surface area is 208 Å². The molecule has 0 atom stereocenters. The molecule has 1 heterocycles. The van der Waals surface area contributed by atoms with Gasteiger partial charge in [0.05, 0.1) is 11.3 Å². The Kier molecular flexibility index (Phi) is 6.74. The second-order valence-electron chi connectivity index (χ2n) is 9.66. The fourth-order valence-corrected chi connectivity index (χ4v) is 5.24. The van der Waals surface area contributed by atoms with Gasteiger partial charge in [0.15, 0.2) is 0 Å². The van der Waals surface area contributed by atoms with E-state index < -0.39 is 0 Å². The minimum absolute atomic E-state index is 0.0218. The number of aryl methyl sites for hydroxylation is 1. The molecule has 1 amide bonds. The minimum atomic E-state index is 0.0218. The zero-order valence-corrected chi connectivity index (χ0v) is 21.1. The van der Waals surface area contributed by atoms with Crippen molar-refractivity contribution in [3.63, 3.8) is 0 Å². The SMILES string of the molecule is CCCCNC(=O)c1cc(-c2cccc(C)c2C)c2cc3ccccc3cc2c1N1CCNCC1. The third-order valence-corrected chi connectivity index (χ3v) is 7.36. The molecule has 0 aromatic heterocycles. The molecule has 4 aromatic carbocycles. The van der Waals surface area contributed by atoms with E-state index in [1.54, 1.807) is 0 Å². The largest absolute Gasteiger partial charge is 0.368 e. The van der Waals surface area contributed by atoms with Crippen LogP contribution in [0.4, 0.5) is 5.69 Å². The van der Waals surface area contributed by atoms with Gasteiger partial charge in [-0.25, -0.2) is 0 Å². The summed E-state index contributed by atoms with van der Waals surface area (Å²) in [6, 6.07) is 21.8. The zero-order chi connectivity index (χ0) is 24.4. The van der Waals surface area contributed by atoms with Gasteiger partial charge in [-0.2, -0.15) is 0 Å². The highest BCUT2D eigenvalue weighted by Crippen LogP contribution is 2.41. The fourth-order valence-electron chi connectivity index (χ4n) is 5.24. The maximum Gasteiger partial charge on any atom is 0.253 e. The van der Waals surface area contributed by atoms with Crippen LogP contribution in [0.5, 0.6) is 0 Å². The summed E-state index contributed by atoms with van der Waals surface area (Å²) in [5.74, 6) is 0.0218. The van der Waals surface area contributed by atoms with E-state index in [1.807, 2.05) is 0 Å². The summed E-state index contributed by atoms with van der Waals surface area (Å²) >= 11 is 0. The number of nitrogens with zero attached hydrogens (tertiary/aromatic N) is 1. The molecule has 0 saturated carbocycles. The summed E-state index contributed by atoms with van der Waals surface area (Å²) in [5, 5.41) is 11.4. The number of rotatable bonds is 6. The first kappa shape index (κ1) is 23.4. The summed E-state index contributed by atoms with van der Waals surface area (Å²) in [6.45, 7) is 10.8. The van der Waals surface area contributed by atoms with Crippen molar-refractivity contribution in [2.24, 2.45) is 0 Å². The first-order valence-corrected chi connectivity index (χ1v) is 12.9. The molecule has 0 spiro atoms. The van der Waals surface area contributed by atoms with Gasteiger partial charge in [-0.05, 0) is 76.9 Å². The molecule has 2 N–H and O–H groups in total. The molecule has 180 valence electrons. The minimum Gasteiger partial charge on any atom is -0.368 e. The number of piperazine rings is 1. The molecule has 1 saturated heterocycles. The summed E-state index contributed by atoms with van der Waals surface area (Å²) in [4.78, 5) is 16.1. The predicted molar refractivity (Wildman–Crippen MR) is 149 cm³/mol. The van der Waals surface area contributed by atoms with Crippen LogP contribution in [-0.2, 0) is 0 Å². The fraction of sp³-hybridized carbons (Fsp3) is 0.323. The molecule has 4 heteroatoms. The molecule has 0 aliphatic carbocycles. The number of benzene rings is 4. The number of anilines is 1. The quantitative estimate of drug-likeness (QED) is 0.263. The highest BCUT2D eigenvalue weighted by Gasteiger charge is 2.24. The van der Waals surface area contributed by atoms with E-state index in [2.05, 4.69) is 97.0 Å². The number of carbonyl (C=O) groups is 1. The van der Waals surface area contributed by atoms with E-state index in [-0.39, 0.29) is 5.91 Å². The van der Waals surface area contributed by atoms with E-state index >= 15 is 0 Å². The number of nitrogens with one attached hydrogen (secondary N) is 2. The lowest BCUT2D eigenvalue weighted by Crippen LogP contribution is -2.44. The van der Waals surface area contributed by atoms with Crippen molar-refractivity contribution in [3.8, 4) is 11.1 Å². The molecule has 0 unspecified atom stereocenters. The van der Waals surface area contributed by atoms with Gasteiger partial charge in [-0.1, -0.05) is 55.8 Å². The van der Waals surface area contributed by atoms with Crippen molar-refractivity contribution < 1.29 is 4.79 Å². The molecule has 1 aliphatic rings. The van der Waals surface area contributed by atoms with Gasteiger partial charge in [0.25, 0.3) is 5.91 Å². The average Bonchev–Trinajstić information content (AvgIpc) is 2.89. The first-order chi connectivity index (χ1) is 17.1. The third-order valence-electron chi connectivity index (χ3n) is 7.36. The molecule has 4 nitrogen and oxygen atoms in total. The van der Waals surface area contributed by atoms with Crippen molar-refractivity contribution in [2.45, 2.75) is 33.6 Å². The lowest BCUT2D eigenvalue weighted by Gasteiger charge is -2.33. The highest BCUT2D eigenvalue weighted by molar-refractivity contribution is 6.16. The number of unbranched alkanes of at least 4 members (excludes halogenated alkanes) is 1. The Morgan fingerprint density at radius 2 is 1.63 bits per heavy atom. The topological polar surface area (TPSA) is 44.4 Å². The second-order valence-corrected chi connectivity index (χ2v) is 9.66. The van der Waals surface area contributed by atoms with Crippen LogP contribution in [0.1, 0.15) is 41.3 Å². The summed E-state index contributed by atoms with van der Waals surface area (Å²) in [5.41, 5.74) is 6.69. The maximum atomic E-state index is 13.7. The molecular weight excluding hydrogens is 430 g/mol. The molecule has 0 radical (unpaired) electrons. The van der Waals surface area contributed by atoms with Gasteiger partial charge in [-0.3, -0.25) is 4.79 Å². The Morgan fingerprint density at radius 1 is 0.914 bits per heavy atom. The molecular formula is C31H35N3O. The Morgan fingerprint density at radius 3 is 2.34 bits per heavy atom. The molecule has 35 heavy (non-hydrogen) atoms. The lowest BCUT2D eigenvalue weighted by molar-refractivity contribution is 0.0953. The van der Waals surface area contributed by atoms with Crippen LogP contribution in [0.2, 0.25) is 0 Å². The van der Waals surface area contributed by atoms with Crippen LogP contribution in [-0.4, -0.2) is 38.6 Å². The Bertz CT molecular complexity index is 1390. The summed E-state index contributed by atoms with van der Waals surface area (Å²) in [6.07, 6.45) is 2.04. The predicted octanol–water partition coefficient (Wildman–Crippen LogP) is 6.22. The van der Waals surface area contributed by atoms with E-state index in [4.69, 9.17) is 0 Å². The zero-order valence-electron chi connectivity index (χ0n) is 21.1. The normalized spacial score (nSPS) is 14.0. The number of amides is 1. The number of hydrogen-bond donors (Lipinski definition) is 2. The van der Waals surface area contributed by atoms with Gasteiger partial charge >= 0.3 is 0 Å². The van der Waals surface area contributed by atoms with E-state index in [0.717, 1.165) is 61.2 Å². The van der Waals surface area contributed by atoms with Gasteiger partial charge in [0.2, 0.25) is 0 Å². The van der Waals surface area contributed by atoms with Gasteiger partial charge in [0, 0.05) is 38.1 Å². The van der Waals surface area contributed by atoms with Crippen LogP contribution in [0.3, 0.4) is 0 Å². The smallest absolute Gasteiger partial charge is 0.253 e. The average molecular weight is 466 g/mol. The van der Waals surface area contributed by atoms with E-state index in [9.17, 15) is 4.79 Å².